The maximum Gasteiger partial charge on any atom is 0.0653 e. The Bertz CT molecular complexity index is 916. The van der Waals surface area contributed by atoms with Gasteiger partial charge in [0.1, 0.15) is 0 Å². The largest absolute Gasteiger partial charge is 0.340 e. The second-order valence-electron chi connectivity index (χ2n) is 5.50. The van der Waals surface area contributed by atoms with Gasteiger partial charge in [-0.3, -0.25) is 5.10 Å². The van der Waals surface area contributed by atoms with Crippen molar-refractivity contribution in [1.29, 1.82) is 0 Å². The summed E-state index contributed by atoms with van der Waals surface area (Å²) in [6, 6.07) is 22.3. The second kappa shape index (κ2) is 5.19. The average Bonchev–Trinajstić information content (AvgIpc) is 3.15. The molecular weight excluding hydrogens is 270 g/mol. The number of aryl methyl sites for hydroxylation is 1. The zero-order valence-corrected chi connectivity index (χ0v) is 12.4. The number of benzene rings is 2. The predicted octanol–water partition coefficient (Wildman–Crippen LogP) is 4.19. The number of rotatable bonds is 3. The van der Waals surface area contributed by atoms with Gasteiger partial charge >= 0.3 is 0 Å². The summed E-state index contributed by atoms with van der Waals surface area (Å²) in [5.74, 6) is 0. The molecule has 3 heteroatoms. The normalized spacial score (nSPS) is 11.1. The first-order chi connectivity index (χ1) is 10.8. The lowest BCUT2D eigenvalue weighted by Crippen LogP contribution is -2.03. The van der Waals surface area contributed by atoms with Gasteiger partial charge in [0.2, 0.25) is 0 Å². The van der Waals surface area contributed by atoms with Crippen LogP contribution in [0.3, 0.4) is 0 Å². The monoisotopic (exact) mass is 286 g/mol. The number of hydrogen-bond donors (Lipinski definition) is 1. The summed E-state index contributed by atoms with van der Waals surface area (Å²) >= 11 is 0. The summed E-state index contributed by atoms with van der Waals surface area (Å²) < 4.78 is 2.30. The molecule has 0 spiro atoms. The van der Waals surface area contributed by atoms with Crippen molar-refractivity contribution in [3.63, 3.8) is 0 Å². The van der Waals surface area contributed by atoms with E-state index in [0.717, 1.165) is 23.1 Å². The quantitative estimate of drug-likeness (QED) is 0.602. The molecule has 0 atom stereocenters. The lowest BCUT2D eigenvalue weighted by atomic mass is 10.1. The summed E-state index contributed by atoms with van der Waals surface area (Å²) in [4.78, 5) is 0. The van der Waals surface area contributed by atoms with Gasteiger partial charge < -0.3 is 4.57 Å². The molecule has 2 aromatic carbocycles. The molecule has 0 fully saturated rings. The van der Waals surface area contributed by atoms with E-state index in [1.54, 1.807) is 0 Å². The molecule has 0 unspecified atom stereocenters. The molecule has 4 aromatic rings. The van der Waals surface area contributed by atoms with Gasteiger partial charge in [-0.2, -0.15) is 5.10 Å². The highest BCUT2D eigenvalue weighted by Crippen LogP contribution is 2.23. The first kappa shape index (κ1) is 12.9. The minimum Gasteiger partial charge on any atom is -0.340 e. The topological polar surface area (TPSA) is 33.6 Å². The van der Waals surface area contributed by atoms with Gasteiger partial charge in [-0.25, -0.2) is 0 Å². The van der Waals surface area contributed by atoms with Crippen molar-refractivity contribution in [2.45, 2.75) is 13.5 Å². The van der Waals surface area contributed by atoms with Gasteiger partial charge in [0.25, 0.3) is 0 Å². The third-order valence-electron chi connectivity index (χ3n) is 4.03. The van der Waals surface area contributed by atoms with Crippen molar-refractivity contribution in [3.05, 3.63) is 78.1 Å². The van der Waals surface area contributed by atoms with Crippen LogP contribution in [0.4, 0.5) is 0 Å². The van der Waals surface area contributed by atoms with Crippen LogP contribution in [0.5, 0.6) is 0 Å². The van der Waals surface area contributed by atoms with Crippen molar-refractivity contribution in [2.75, 3.05) is 0 Å². The number of H-pyrrole nitrogens is 1. The molecule has 2 heterocycles. The smallest absolute Gasteiger partial charge is 0.0653 e. The Hall–Kier alpha value is -2.81. The Kier molecular flexibility index (Phi) is 3.04. The zero-order valence-electron chi connectivity index (χ0n) is 12.4. The molecule has 0 aliphatic carbocycles. The molecule has 4 rings (SSSR count). The number of aromatic amines is 1. The summed E-state index contributed by atoms with van der Waals surface area (Å²) in [5, 5.41) is 8.26. The summed E-state index contributed by atoms with van der Waals surface area (Å²) in [6.07, 6.45) is 1.85. The molecule has 0 bridgehead atoms. The average molecular weight is 286 g/mol. The van der Waals surface area contributed by atoms with Gasteiger partial charge in [-0.15, -0.1) is 0 Å². The molecule has 0 amide bonds. The van der Waals surface area contributed by atoms with Crippen LogP contribution in [0.25, 0.3) is 22.2 Å². The minimum atomic E-state index is 0.828. The third kappa shape index (κ3) is 2.21. The van der Waals surface area contributed by atoms with Crippen LogP contribution < -0.4 is 0 Å². The Morgan fingerprint density at radius 1 is 1.14 bits per heavy atom. The second-order valence-corrected chi connectivity index (χ2v) is 5.50. The Labute approximate surface area is 129 Å². The molecule has 22 heavy (non-hydrogen) atoms. The van der Waals surface area contributed by atoms with Crippen molar-refractivity contribution < 1.29 is 0 Å². The van der Waals surface area contributed by atoms with Crippen molar-refractivity contribution in [1.82, 2.24) is 14.8 Å². The molecule has 0 saturated carbocycles. The van der Waals surface area contributed by atoms with E-state index in [1.165, 1.54) is 16.8 Å². The number of fused-ring (bicyclic) bond motifs is 1. The number of nitrogens with zero attached hydrogens (tertiary/aromatic N) is 2. The first-order valence-corrected chi connectivity index (χ1v) is 7.36. The van der Waals surface area contributed by atoms with Gasteiger partial charge in [0, 0.05) is 29.4 Å². The highest BCUT2D eigenvalue weighted by molar-refractivity contribution is 5.78. The Morgan fingerprint density at radius 2 is 2.00 bits per heavy atom. The lowest BCUT2D eigenvalue weighted by molar-refractivity contribution is 0.784. The molecule has 2 aromatic heterocycles. The van der Waals surface area contributed by atoms with Crippen LogP contribution in [0.15, 0.2) is 60.8 Å². The van der Waals surface area contributed by atoms with Crippen molar-refractivity contribution in [3.8, 4) is 11.3 Å². The van der Waals surface area contributed by atoms with Gasteiger partial charge in [0.05, 0.1) is 11.7 Å². The van der Waals surface area contributed by atoms with Gasteiger partial charge in [-0.1, -0.05) is 42.5 Å². The first-order valence-electron chi connectivity index (χ1n) is 7.36. The molecule has 1 radical (unpaired) electrons. The van der Waals surface area contributed by atoms with E-state index in [-0.39, 0.29) is 0 Å². The van der Waals surface area contributed by atoms with E-state index in [0.29, 0.717) is 0 Å². The maximum absolute atomic E-state index is 4.08. The number of nitrogens with one attached hydrogen (secondary N) is 1. The number of hydrogen-bond acceptors (Lipinski definition) is 1. The molecule has 3 nitrogen and oxygen atoms in total. The highest BCUT2D eigenvalue weighted by atomic mass is 15.1. The van der Waals surface area contributed by atoms with Crippen LogP contribution in [-0.2, 0) is 6.54 Å². The van der Waals surface area contributed by atoms with Crippen LogP contribution in [0.1, 0.15) is 11.3 Å². The lowest BCUT2D eigenvalue weighted by Gasteiger charge is -2.12. The fraction of sp³-hybridized carbons (Fsp3) is 0.105. The minimum absolute atomic E-state index is 0.828. The van der Waals surface area contributed by atoms with Crippen LogP contribution >= 0.6 is 0 Å². The summed E-state index contributed by atoms with van der Waals surface area (Å²) in [6.45, 7) is 2.93. The fourth-order valence-corrected chi connectivity index (χ4v) is 2.83. The maximum atomic E-state index is 4.08. The van der Waals surface area contributed by atoms with Crippen LogP contribution in [0, 0.1) is 13.0 Å². The van der Waals surface area contributed by atoms with Gasteiger partial charge in [0.15, 0.2) is 0 Å². The SMILES string of the molecule is Cc1[c]cc(-c2ccccc2)n1Cc1ccc2cn[nH]c2c1. The Morgan fingerprint density at radius 3 is 2.86 bits per heavy atom. The summed E-state index contributed by atoms with van der Waals surface area (Å²) in [7, 11) is 0. The molecule has 0 aliphatic heterocycles. The molecule has 0 aliphatic rings. The number of aromatic nitrogens is 3. The highest BCUT2D eigenvalue weighted by Gasteiger charge is 2.08. The molecule has 0 saturated heterocycles. The standard InChI is InChI=1S/C19H16N3/c1-14-7-10-19(16-5-3-2-4-6-16)22(14)13-15-8-9-17-12-20-21-18(17)11-15/h2-6,8-12H,13H2,1H3,(H,20,21). The van der Waals surface area contributed by atoms with Crippen molar-refractivity contribution in [2.24, 2.45) is 0 Å². The molecule has 107 valence electrons. The van der Waals surface area contributed by atoms with E-state index in [4.69, 9.17) is 0 Å². The third-order valence-corrected chi connectivity index (χ3v) is 4.03. The van der Waals surface area contributed by atoms with Crippen molar-refractivity contribution >= 4 is 10.9 Å². The Balaban J connectivity index is 1.75. The fourth-order valence-electron chi connectivity index (χ4n) is 2.83. The van der Waals surface area contributed by atoms with E-state index in [1.807, 2.05) is 12.3 Å². The van der Waals surface area contributed by atoms with Gasteiger partial charge in [-0.05, 0) is 30.2 Å². The zero-order chi connectivity index (χ0) is 14.9. The van der Waals surface area contributed by atoms with E-state index < -0.39 is 0 Å². The van der Waals surface area contributed by atoms with Crippen LogP contribution in [-0.4, -0.2) is 14.8 Å². The van der Waals surface area contributed by atoms with E-state index in [2.05, 4.69) is 76.3 Å². The van der Waals surface area contributed by atoms with E-state index >= 15 is 0 Å². The summed E-state index contributed by atoms with van der Waals surface area (Å²) in [5.41, 5.74) is 5.88. The molecule has 1 N–H and O–H groups in total. The van der Waals surface area contributed by atoms with Crippen LogP contribution in [0.2, 0.25) is 0 Å². The van der Waals surface area contributed by atoms with E-state index in [9.17, 15) is 0 Å². The molecular formula is C19H16N3. The predicted molar refractivity (Wildman–Crippen MR) is 88.6 cm³/mol.